The maximum Gasteiger partial charge on any atom is 0.408 e. The zero-order chi connectivity index (χ0) is 42.1. The molecule has 0 aliphatic carbocycles. The van der Waals surface area contributed by atoms with Crippen molar-refractivity contribution in [3.05, 3.63) is 12.7 Å². The molecule has 0 aromatic heterocycles. The van der Waals surface area contributed by atoms with Gasteiger partial charge in [0, 0.05) is 37.3 Å². The summed E-state index contributed by atoms with van der Waals surface area (Å²) in [6, 6.07) is -1.11. The van der Waals surface area contributed by atoms with Crippen molar-refractivity contribution in [2.75, 3.05) is 27.8 Å². The molecule has 15 heteroatoms. The fourth-order valence-electron chi connectivity index (χ4n) is 9.53. The van der Waals surface area contributed by atoms with Gasteiger partial charge in [-0.05, 0) is 74.9 Å². The summed E-state index contributed by atoms with van der Waals surface area (Å²) in [4.78, 5) is 43.8. The van der Waals surface area contributed by atoms with Crippen LogP contribution in [0.4, 0.5) is 4.79 Å². The highest BCUT2D eigenvalue weighted by molar-refractivity contribution is 5.85. The summed E-state index contributed by atoms with van der Waals surface area (Å²) in [5.74, 6) is -3.89. The normalized spacial score (nSPS) is 47.0. The van der Waals surface area contributed by atoms with Crippen molar-refractivity contribution in [2.45, 2.75) is 179 Å². The molecule has 0 aromatic carbocycles. The minimum absolute atomic E-state index is 0.0869. The molecular weight excluding hydrogens is 728 g/mol. The summed E-state index contributed by atoms with van der Waals surface area (Å²) in [6.45, 7) is 21.9. The molecule has 0 unspecified atom stereocenters. The number of carbonyl (C=O) groups excluding carboxylic acids is 3. The van der Waals surface area contributed by atoms with Gasteiger partial charge in [0.15, 0.2) is 18.2 Å². The first-order valence-electron chi connectivity index (χ1n) is 20.2. The van der Waals surface area contributed by atoms with Gasteiger partial charge in [-0.2, -0.15) is 0 Å². The predicted molar refractivity (Wildman–Crippen MR) is 205 cm³/mol. The van der Waals surface area contributed by atoms with Crippen molar-refractivity contribution in [3.8, 4) is 0 Å². The number of aliphatic hydroxyl groups is 2. The van der Waals surface area contributed by atoms with E-state index in [1.807, 2.05) is 53.6 Å². The number of nitrogens with zero attached hydrogens (tertiary/aromatic N) is 1. The summed E-state index contributed by atoms with van der Waals surface area (Å²) in [5.41, 5.74) is -3.69. The number of alkyl carbamates (subject to hydrolysis) is 1. The largest absolute Gasteiger partial charge is 0.458 e. The zero-order valence-electron chi connectivity index (χ0n) is 35.8. The lowest BCUT2D eigenvalue weighted by Crippen LogP contribution is -2.61. The second-order valence-electron chi connectivity index (χ2n) is 17.6. The minimum Gasteiger partial charge on any atom is -0.458 e. The number of fused-ring (bicyclic) bond motifs is 1. The van der Waals surface area contributed by atoms with Crippen LogP contribution in [0.25, 0.3) is 0 Å². The van der Waals surface area contributed by atoms with Gasteiger partial charge in [0.2, 0.25) is 0 Å². The van der Waals surface area contributed by atoms with Crippen LogP contribution >= 0.6 is 0 Å². The van der Waals surface area contributed by atoms with Gasteiger partial charge in [0.1, 0.15) is 24.1 Å². The van der Waals surface area contributed by atoms with Crippen molar-refractivity contribution >= 4 is 17.8 Å². The molecule has 15 nitrogen and oxygen atoms in total. The molecule has 0 saturated carbocycles. The second-order valence-corrected chi connectivity index (χ2v) is 17.6. The Morgan fingerprint density at radius 1 is 0.964 bits per heavy atom. The van der Waals surface area contributed by atoms with Gasteiger partial charge in [-0.3, -0.25) is 9.59 Å². The second kappa shape index (κ2) is 18.4. The van der Waals surface area contributed by atoms with Crippen LogP contribution in [0.3, 0.4) is 0 Å². The SMILES string of the molecule is C=CCO[C@]1(C)C[C@@H](C)C(=O)[C@H](C)[C@H]2NC(=O)O[C@]2(C)[C@@H](CC)OC(=O)[C@H](C)[C@@H](O[C@H]2C[C@@](C)(OC)[C@@H](O)[C@H](C)O2)[C@H](C)[C@H]1O[C@@H]1O[C@H](C)C[C@H](N(C)C)[C@H]1O. The molecule has 4 fully saturated rings. The lowest BCUT2D eigenvalue weighted by molar-refractivity contribution is -0.320. The molecule has 4 rings (SSSR count). The average Bonchev–Trinajstić information content (AvgIpc) is 3.46. The van der Waals surface area contributed by atoms with Gasteiger partial charge in [0.05, 0.1) is 54.2 Å². The molecule has 18 atom stereocenters. The number of ketones is 1. The molecule has 1 amide bonds. The number of ether oxygens (including phenoxy) is 8. The van der Waals surface area contributed by atoms with E-state index >= 15 is 0 Å². The van der Waals surface area contributed by atoms with E-state index in [2.05, 4.69) is 11.9 Å². The van der Waals surface area contributed by atoms with Gasteiger partial charge >= 0.3 is 12.1 Å². The quantitative estimate of drug-likeness (QED) is 0.215. The lowest BCUT2D eigenvalue weighted by Gasteiger charge is -2.50. The van der Waals surface area contributed by atoms with Crippen LogP contribution in [0.15, 0.2) is 12.7 Å². The Morgan fingerprint density at radius 3 is 2.21 bits per heavy atom. The molecule has 56 heavy (non-hydrogen) atoms. The van der Waals surface area contributed by atoms with Gasteiger partial charge < -0.3 is 58.3 Å². The van der Waals surface area contributed by atoms with E-state index in [0.29, 0.717) is 6.42 Å². The Balaban J connectivity index is 1.91. The summed E-state index contributed by atoms with van der Waals surface area (Å²) < 4.78 is 50.9. The molecule has 0 bridgehead atoms. The maximum atomic E-state index is 14.5. The van der Waals surface area contributed by atoms with E-state index in [0.717, 1.165) is 0 Å². The Labute approximate surface area is 333 Å². The van der Waals surface area contributed by atoms with E-state index in [1.54, 1.807) is 40.7 Å². The van der Waals surface area contributed by atoms with Gasteiger partial charge in [-0.1, -0.05) is 33.8 Å². The monoisotopic (exact) mass is 798 g/mol. The van der Waals surface area contributed by atoms with Crippen molar-refractivity contribution < 1.29 is 62.5 Å². The van der Waals surface area contributed by atoms with Crippen molar-refractivity contribution in [3.63, 3.8) is 0 Å². The molecule has 0 aromatic rings. The number of carbonyl (C=O) groups is 3. The van der Waals surface area contributed by atoms with Crippen LogP contribution in [0.2, 0.25) is 0 Å². The number of rotatable bonds is 10. The Bertz CT molecular complexity index is 1380. The molecule has 0 spiro atoms. The number of hydrogen-bond donors (Lipinski definition) is 3. The topological polar surface area (TPSA) is 181 Å². The van der Waals surface area contributed by atoms with E-state index < -0.39 is 108 Å². The van der Waals surface area contributed by atoms with Crippen molar-refractivity contribution in [1.29, 1.82) is 0 Å². The number of cyclic esters (lactones) is 1. The molecule has 0 radical (unpaired) electrons. The van der Waals surface area contributed by atoms with Crippen LogP contribution in [0.5, 0.6) is 0 Å². The van der Waals surface area contributed by atoms with Crippen LogP contribution < -0.4 is 5.32 Å². The Hall–Kier alpha value is -2.21. The third-order valence-electron chi connectivity index (χ3n) is 13.0. The number of Topliss-reactive ketones (excluding diaryl/α,β-unsaturated/α-hetero) is 1. The number of hydrogen-bond acceptors (Lipinski definition) is 14. The maximum absolute atomic E-state index is 14.5. The number of methoxy groups -OCH3 is 1. The number of likely N-dealkylation sites (N-methyl/N-ethyl adjacent to an activating group) is 1. The lowest BCUT2D eigenvalue weighted by atomic mass is 9.73. The van der Waals surface area contributed by atoms with Crippen LogP contribution in [-0.4, -0.2) is 145 Å². The first-order chi connectivity index (χ1) is 26.1. The molecule has 4 saturated heterocycles. The summed E-state index contributed by atoms with van der Waals surface area (Å²) >= 11 is 0. The Kier molecular flexibility index (Phi) is 15.2. The van der Waals surface area contributed by atoms with E-state index in [4.69, 9.17) is 37.9 Å². The number of esters is 1. The number of aliphatic hydroxyl groups excluding tert-OH is 2. The van der Waals surface area contributed by atoms with Crippen molar-refractivity contribution in [2.24, 2.45) is 23.7 Å². The van der Waals surface area contributed by atoms with Gasteiger partial charge in [-0.25, -0.2) is 4.79 Å². The first kappa shape index (κ1) is 46.5. The average molecular weight is 799 g/mol. The molecule has 4 aliphatic rings. The molecule has 4 aliphatic heterocycles. The summed E-state index contributed by atoms with van der Waals surface area (Å²) in [6.07, 6.45) is -5.93. The minimum atomic E-state index is -1.37. The van der Waals surface area contributed by atoms with E-state index in [-0.39, 0.29) is 43.8 Å². The van der Waals surface area contributed by atoms with E-state index in [9.17, 15) is 24.6 Å². The molecule has 3 N–H and O–H groups in total. The van der Waals surface area contributed by atoms with E-state index in [1.165, 1.54) is 7.11 Å². The van der Waals surface area contributed by atoms with Gasteiger partial charge in [-0.15, -0.1) is 6.58 Å². The zero-order valence-corrected chi connectivity index (χ0v) is 35.8. The summed E-state index contributed by atoms with van der Waals surface area (Å²) in [5, 5.41) is 25.6. The van der Waals surface area contributed by atoms with Crippen LogP contribution in [-0.2, 0) is 47.5 Å². The molecule has 4 heterocycles. The molecule has 322 valence electrons. The highest BCUT2D eigenvalue weighted by Crippen LogP contribution is 2.43. The highest BCUT2D eigenvalue weighted by Gasteiger charge is 2.58. The van der Waals surface area contributed by atoms with Crippen LogP contribution in [0.1, 0.15) is 94.9 Å². The molecular formula is C41H70N2O13. The third kappa shape index (κ3) is 9.47. The predicted octanol–water partition coefficient (Wildman–Crippen LogP) is 3.75. The standard InChI is InChI=1S/C41H70N2O13/c1-15-17-50-40(10)19-21(3)30(44)23(5)33-41(11,56-38(48)42-33)28(16-2)53-36(47)25(7)32(54-29-20-39(9,49-14)34(46)26(8)52-29)24(6)35(40)55-37-31(45)27(43(12)13)18-22(4)51-37/h15,21-29,31-35,37,45-46H,1,16-20H2,2-14H3,(H,42,48)/t21-,22-,23+,24+,25-,26+,27+,28-,29+,31-,32+,33-,34+,35-,37+,39-,40-,41-/m1/s1. The third-order valence-corrected chi connectivity index (χ3v) is 13.0. The highest BCUT2D eigenvalue weighted by atomic mass is 16.7. The van der Waals surface area contributed by atoms with Crippen molar-refractivity contribution in [1.82, 2.24) is 10.2 Å². The Morgan fingerprint density at radius 2 is 1.62 bits per heavy atom. The smallest absolute Gasteiger partial charge is 0.408 e. The number of nitrogens with one attached hydrogen (secondary N) is 1. The van der Waals surface area contributed by atoms with Crippen LogP contribution in [0, 0.1) is 23.7 Å². The van der Waals surface area contributed by atoms with Gasteiger partial charge in [0.25, 0.3) is 0 Å². The fourth-order valence-corrected chi connectivity index (χ4v) is 9.53. The summed E-state index contributed by atoms with van der Waals surface area (Å²) in [7, 11) is 5.29. The fraction of sp³-hybridized carbons (Fsp3) is 0.878. The number of amides is 1. The first-order valence-corrected chi connectivity index (χ1v) is 20.2.